The first-order valence-electron chi connectivity index (χ1n) is 8.17. The molecule has 1 amide bonds. The van der Waals surface area contributed by atoms with Crippen LogP contribution < -0.4 is 5.32 Å². The van der Waals surface area contributed by atoms with E-state index in [1.807, 2.05) is 11.4 Å². The summed E-state index contributed by atoms with van der Waals surface area (Å²) < 4.78 is 16.1. The van der Waals surface area contributed by atoms with Gasteiger partial charge in [0, 0.05) is 25.8 Å². The number of carbonyl (C=O) groups excluding carboxylic acids is 1. The Balaban J connectivity index is 1.36. The Bertz CT molecular complexity index is 620. The van der Waals surface area contributed by atoms with Crippen molar-refractivity contribution >= 4 is 17.2 Å². The third-order valence-electron chi connectivity index (χ3n) is 3.97. The van der Waals surface area contributed by atoms with Gasteiger partial charge >= 0.3 is 0 Å². The molecule has 0 aromatic carbocycles. The summed E-state index contributed by atoms with van der Waals surface area (Å²) in [6.45, 7) is 3.19. The lowest BCUT2D eigenvalue weighted by Crippen LogP contribution is -2.33. The maximum absolute atomic E-state index is 12.0. The minimum atomic E-state index is -0.0273. The topological polar surface area (TPSA) is 73.6 Å². The highest BCUT2D eigenvalue weighted by Gasteiger charge is 2.15. The molecule has 7 heteroatoms. The molecule has 0 saturated carbocycles. The zero-order chi connectivity index (χ0) is 16.6. The van der Waals surface area contributed by atoms with Crippen LogP contribution in [0.4, 0.5) is 0 Å². The third-order valence-corrected chi connectivity index (χ3v) is 4.70. The van der Waals surface area contributed by atoms with Crippen molar-refractivity contribution in [2.75, 3.05) is 19.8 Å². The van der Waals surface area contributed by atoms with Crippen LogP contribution in [0.3, 0.4) is 0 Å². The Morgan fingerprint density at radius 2 is 2.25 bits per heavy atom. The summed E-state index contributed by atoms with van der Waals surface area (Å²) in [6, 6.07) is 3.81. The van der Waals surface area contributed by atoms with Crippen molar-refractivity contribution in [3.8, 4) is 0 Å². The van der Waals surface area contributed by atoms with E-state index in [-0.39, 0.29) is 12.3 Å². The molecule has 0 spiro atoms. The van der Waals surface area contributed by atoms with E-state index in [0.717, 1.165) is 31.6 Å². The summed E-state index contributed by atoms with van der Waals surface area (Å²) in [6.07, 6.45) is 2.25. The Kier molecular flexibility index (Phi) is 6.40. The highest BCUT2D eigenvalue weighted by molar-refractivity contribution is 7.07. The summed E-state index contributed by atoms with van der Waals surface area (Å²) in [4.78, 5) is 12.0. The van der Waals surface area contributed by atoms with Gasteiger partial charge in [-0.3, -0.25) is 4.79 Å². The zero-order valence-corrected chi connectivity index (χ0v) is 14.3. The average molecular weight is 350 g/mol. The first-order chi connectivity index (χ1) is 11.8. The van der Waals surface area contributed by atoms with Gasteiger partial charge in [-0.1, -0.05) is 5.16 Å². The molecule has 24 heavy (non-hydrogen) atoms. The van der Waals surface area contributed by atoms with E-state index in [2.05, 4.69) is 15.9 Å². The van der Waals surface area contributed by atoms with E-state index in [1.165, 1.54) is 0 Å². The summed E-state index contributed by atoms with van der Waals surface area (Å²) in [5.41, 5.74) is 1.78. The summed E-state index contributed by atoms with van der Waals surface area (Å²) >= 11 is 1.64. The molecule has 2 aromatic heterocycles. The predicted molar refractivity (Wildman–Crippen MR) is 89.6 cm³/mol. The maximum Gasteiger partial charge on any atom is 0.226 e. The van der Waals surface area contributed by atoms with Crippen LogP contribution in [0, 0.1) is 5.92 Å². The molecule has 3 rings (SSSR count). The lowest BCUT2D eigenvalue weighted by atomic mass is 10.0. The van der Waals surface area contributed by atoms with E-state index >= 15 is 0 Å². The highest BCUT2D eigenvalue weighted by atomic mass is 32.1. The van der Waals surface area contributed by atoms with Crippen molar-refractivity contribution in [3.63, 3.8) is 0 Å². The minimum Gasteiger partial charge on any atom is -0.381 e. The molecule has 0 radical (unpaired) electrons. The summed E-state index contributed by atoms with van der Waals surface area (Å²) in [5, 5.41) is 11.0. The van der Waals surface area contributed by atoms with Crippen molar-refractivity contribution < 1.29 is 18.8 Å². The molecule has 1 aliphatic heterocycles. The van der Waals surface area contributed by atoms with Crippen LogP contribution in [0.1, 0.15) is 29.9 Å². The first-order valence-corrected chi connectivity index (χ1v) is 9.11. The molecule has 2 aromatic rings. The van der Waals surface area contributed by atoms with Crippen LogP contribution in [-0.4, -0.2) is 30.8 Å². The Labute approximate surface area is 145 Å². The number of nitrogens with zero attached hydrogens (tertiary/aromatic N) is 1. The second-order valence-corrected chi connectivity index (χ2v) is 6.73. The number of carbonyl (C=O) groups is 1. The molecule has 3 heterocycles. The van der Waals surface area contributed by atoms with Crippen molar-refractivity contribution in [2.45, 2.75) is 32.5 Å². The quantitative estimate of drug-likeness (QED) is 0.792. The highest BCUT2D eigenvalue weighted by Crippen LogP contribution is 2.13. The minimum absolute atomic E-state index is 0.0273. The molecule has 0 bridgehead atoms. The lowest BCUT2D eigenvalue weighted by Gasteiger charge is -2.21. The summed E-state index contributed by atoms with van der Waals surface area (Å²) in [7, 11) is 0. The van der Waals surface area contributed by atoms with E-state index in [0.29, 0.717) is 37.1 Å². The predicted octanol–water partition coefficient (Wildman–Crippen LogP) is 2.54. The number of aromatic nitrogens is 1. The van der Waals surface area contributed by atoms with Crippen LogP contribution in [0.5, 0.6) is 0 Å². The standard InChI is InChI=1S/C17H22N2O4S/c20-17(18-9-13-1-4-21-5-2-13)8-15-7-16(23-19-15)11-22-10-14-3-6-24-12-14/h3,6-7,12-13H,1-2,4-5,8-11H2,(H,18,20). The monoisotopic (exact) mass is 350 g/mol. The molecule has 130 valence electrons. The molecule has 0 aliphatic carbocycles. The fourth-order valence-corrected chi connectivity index (χ4v) is 3.24. The molecule has 0 unspecified atom stereocenters. The van der Waals surface area contributed by atoms with Crippen molar-refractivity contribution in [2.24, 2.45) is 5.92 Å². The number of amides is 1. The van der Waals surface area contributed by atoms with E-state index in [1.54, 1.807) is 17.4 Å². The number of hydrogen-bond acceptors (Lipinski definition) is 6. The van der Waals surface area contributed by atoms with Gasteiger partial charge in [0.15, 0.2) is 5.76 Å². The van der Waals surface area contributed by atoms with Gasteiger partial charge in [0.2, 0.25) is 5.91 Å². The molecular weight excluding hydrogens is 328 g/mol. The smallest absolute Gasteiger partial charge is 0.226 e. The zero-order valence-electron chi connectivity index (χ0n) is 13.5. The number of thiophene rings is 1. The van der Waals surface area contributed by atoms with E-state index in [9.17, 15) is 4.79 Å². The van der Waals surface area contributed by atoms with Crippen LogP contribution in [0.25, 0.3) is 0 Å². The third kappa shape index (κ3) is 5.43. The Hall–Kier alpha value is -1.70. The van der Waals surface area contributed by atoms with Crippen molar-refractivity contribution in [1.82, 2.24) is 10.5 Å². The fourth-order valence-electron chi connectivity index (χ4n) is 2.59. The van der Waals surface area contributed by atoms with Gasteiger partial charge in [0.05, 0.1) is 18.7 Å². The molecule has 0 atom stereocenters. The average Bonchev–Trinajstić information content (AvgIpc) is 3.26. The van der Waals surface area contributed by atoms with Crippen molar-refractivity contribution in [3.05, 3.63) is 39.9 Å². The molecule has 1 N–H and O–H groups in total. The molecule has 6 nitrogen and oxygen atoms in total. The van der Waals surface area contributed by atoms with E-state index in [4.69, 9.17) is 14.0 Å². The van der Waals surface area contributed by atoms with E-state index < -0.39 is 0 Å². The molecule has 1 aliphatic rings. The van der Waals surface area contributed by atoms with Crippen LogP contribution in [-0.2, 0) is 33.9 Å². The molecular formula is C17H22N2O4S. The van der Waals surface area contributed by atoms with Gasteiger partial charge in [0.25, 0.3) is 0 Å². The Morgan fingerprint density at radius 1 is 1.38 bits per heavy atom. The summed E-state index contributed by atoms with van der Waals surface area (Å²) in [5.74, 6) is 1.12. The van der Waals surface area contributed by atoms with Crippen molar-refractivity contribution in [1.29, 1.82) is 0 Å². The second-order valence-electron chi connectivity index (χ2n) is 5.95. The number of ether oxygens (including phenoxy) is 2. The van der Waals surface area contributed by atoms with Gasteiger partial charge < -0.3 is 19.3 Å². The normalized spacial score (nSPS) is 15.5. The number of rotatable bonds is 8. The van der Waals surface area contributed by atoms with Crippen LogP contribution in [0.2, 0.25) is 0 Å². The van der Waals surface area contributed by atoms with Gasteiger partial charge in [-0.05, 0) is 41.1 Å². The largest absolute Gasteiger partial charge is 0.381 e. The second kappa shape index (κ2) is 8.96. The molecule has 1 fully saturated rings. The van der Waals surface area contributed by atoms with Gasteiger partial charge in [-0.15, -0.1) is 0 Å². The molecule has 1 saturated heterocycles. The van der Waals surface area contributed by atoms with Crippen LogP contribution >= 0.6 is 11.3 Å². The maximum atomic E-state index is 12.0. The Morgan fingerprint density at radius 3 is 3.04 bits per heavy atom. The van der Waals surface area contributed by atoms with Gasteiger partial charge in [0.1, 0.15) is 6.61 Å². The number of hydrogen-bond donors (Lipinski definition) is 1. The SMILES string of the molecule is O=C(Cc1cc(COCc2ccsc2)on1)NCC1CCOCC1. The fraction of sp³-hybridized carbons (Fsp3) is 0.529. The van der Waals surface area contributed by atoms with Gasteiger partial charge in [-0.2, -0.15) is 11.3 Å². The van der Waals surface area contributed by atoms with Gasteiger partial charge in [-0.25, -0.2) is 0 Å². The lowest BCUT2D eigenvalue weighted by molar-refractivity contribution is -0.120. The first kappa shape index (κ1) is 17.1. The number of nitrogens with one attached hydrogen (secondary N) is 1. The van der Waals surface area contributed by atoms with Crippen LogP contribution in [0.15, 0.2) is 27.4 Å².